The number of rotatable bonds is 4. The molecule has 142 valence electrons. The van der Waals surface area contributed by atoms with Crippen LogP contribution in [0, 0.1) is 11.3 Å². The number of nitriles is 1. The van der Waals surface area contributed by atoms with Gasteiger partial charge in [0.2, 0.25) is 0 Å². The fourth-order valence-corrected chi connectivity index (χ4v) is 3.58. The summed E-state index contributed by atoms with van der Waals surface area (Å²) in [5, 5.41) is 9.69. The molecule has 0 N–H and O–H groups in total. The number of benzene rings is 2. The lowest BCUT2D eigenvalue weighted by Gasteiger charge is -2.12. The normalized spacial score (nSPS) is 15.0. The Morgan fingerprint density at radius 2 is 2.14 bits per heavy atom. The number of pyridine rings is 1. The average Bonchev–Trinajstić information content (AvgIpc) is 3.29. The summed E-state index contributed by atoms with van der Waals surface area (Å²) in [6.07, 6.45) is 1.56. The lowest BCUT2D eigenvalue weighted by atomic mass is 10.1. The molecule has 0 saturated carbocycles. The van der Waals surface area contributed by atoms with Crippen molar-refractivity contribution in [1.29, 1.82) is 5.26 Å². The maximum atomic E-state index is 9.02. The largest absolute Gasteiger partial charge is 0.488 e. The minimum Gasteiger partial charge on any atom is -0.488 e. The molecule has 3 heterocycles. The van der Waals surface area contributed by atoms with Crippen molar-refractivity contribution in [3.63, 3.8) is 0 Å². The molecule has 29 heavy (non-hydrogen) atoms. The van der Waals surface area contributed by atoms with Gasteiger partial charge in [0.15, 0.2) is 6.10 Å². The van der Waals surface area contributed by atoms with Gasteiger partial charge >= 0.3 is 0 Å². The van der Waals surface area contributed by atoms with E-state index in [1.807, 2.05) is 47.0 Å². The summed E-state index contributed by atoms with van der Waals surface area (Å²) in [4.78, 5) is 8.92. The Bertz CT molecular complexity index is 1240. The Kier molecular flexibility index (Phi) is 4.30. The number of hydrogen-bond acceptors (Lipinski definition) is 5. The first kappa shape index (κ1) is 17.5. The smallest absolute Gasteiger partial charge is 0.297 e. The van der Waals surface area contributed by atoms with E-state index in [0.29, 0.717) is 35.5 Å². The molecule has 0 amide bonds. The van der Waals surface area contributed by atoms with Crippen molar-refractivity contribution < 1.29 is 9.47 Å². The molecule has 6 nitrogen and oxygen atoms in total. The highest BCUT2D eigenvalue weighted by molar-refractivity contribution is 6.30. The summed E-state index contributed by atoms with van der Waals surface area (Å²) in [5.74, 6) is 0.674. The van der Waals surface area contributed by atoms with Crippen LogP contribution >= 0.6 is 11.6 Å². The third-order valence-corrected chi connectivity index (χ3v) is 5.03. The zero-order valence-corrected chi connectivity index (χ0v) is 16.0. The van der Waals surface area contributed by atoms with Crippen molar-refractivity contribution in [2.45, 2.75) is 12.6 Å². The molecule has 0 radical (unpaired) electrons. The zero-order valence-electron chi connectivity index (χ0n) is 15.2. The van der Waals surface area contributed by atoms with Crippen LogP contribution in [0.4, 0.5) is 0 Å². The predicted molar refractivity (Wildman–Crippen MR) is 109 cm³/mol. The molecule has 1 aliphatic heterocycles. The van der Waals surface area contributed by atoms with E-state index in [-0.39, 0.29) is 6.10 Å². The molecule has 1 atom stereocenters. The monoisotopic (exact) mass is 402 g/mol. The molecule has 0 saturated heterocycles. The van der Waals surface area contributed by atoms with E-state index in [1.165, 1.54) is 0 Å². The Balaban J connectivity index is 1.24. The molecular formula is C22H15ClN4O2. The van der Waals surface area contributed by atoms with E-state index in [4.69, 9.17) is 26.3 Å². The summed E-state index contributed by atoms with van der Waals surface area (Å²) in [6.45, 7) is 1.03. The van der Waals surface area contributed by atoms with Gasteiger partial charge in [0, 0.05) is 10.6 Å². The van der Waals surface area contributed by atoms with Gasteiger partial charge < -0.3 is 9.47 Å². The van der Waals surface area contributed by atoms with Gasteiger partial charge in [-0.3, -0.25) is 9.55 Å². The maximum Gasteiger partial charge on any atom is 0.297 e. The van der Waals surface area contributed by atoms with Crippen LogP contribution in [0.1, 0.15) is 5.56 Å². The van der Waals surface area contributed by atoms with Gasteiger partial charge in [0.05, 0.1) is 41.1 Å². The fraction of sp³-hybridized carbons (Fsp3) is 0.136. The Morgan fingerprint density at radius 3 is 2.93 bits per heavy atom. The van der Waals surface area contributed by atoms with Gasteiger partial charge in [-0.1, -0.05) is 23.7 Å². The molecule has 2 aromatic heterocycles. The fourth-order valence-electron chi connectivity index (χ4n) is 3.39. The lowest BCUT2D eigenvalue weighted by Crippen LogP contribution is -2.23. The summed E-state index contributed by atoms with van der Waals surface area (Å²) in [6, 6.07) is 19.5. The second kappa shape index (κ2) is 7.12. The van der Waals surface area contributed by atoms with E-state index in [0.717, 1.165) is 22.3 Å². The molecule has 0 fully saturated rings. The summed E-state index contributed by atoms with van der Waals surface area (Å²) in [7, 11) is 0. The summed E-state index contributed by atoms with van der Waals surface area (Å²) < 4.78 is 13.8. The van der Waals surface area contributed by atoms with E-state index in [9.17, 15) is 0 Å². The molecule has 0 unspecified atom stereocenters. The lowest BCUT2D eigenvalue weighted by molar-refractivity contribution is 0.143. The van der Waals surface area contributed by atoms with Crippen molar-refractivity contribution in [1.82, 2.24) is 14.5 Å². The van der Waals surface area contributed by atoms with E-state index < -0.39 is 0 Å². The van der Waals surface area contributed by atoms with E-state index in [2.05, 4.69) is 16.0 Å². The van der Waals surface area contributed by atoms with Gasteiger partial charge in [-0.25, -0.2) is 0 Å². The Hall–Kier alpha value is -3.56. The van der Waals surface area contributed by atoms with Crippen LogP contribution in [0.2, 0.25) is 5.02 Å². The van der Waals surface area contributed by atoms with E-state index >= 15 is 0 Å². The molecule has 5 rings (SSSR count). The average molecular weight is 403 g/mol. The topological polar surface area (TPSA) is 73.0 Å². The van der Waals surface area contributed by atoms with Gasteiger partial charge in [-0.05, 0) is 42.5 Å². The van der Waals surface area contributed by atoms with Crippen molar-refractivity contribution in [3.8, 4) is 29.1 Å². The third kappa shape index (κ3) is 3.37. The number of fused-ring (bicyclic) bond motifs is 3. The van der Waals surface area contributed by atoms with Crippen molar-refractivity contribution >= 4 is 22.6 Å². The molecule has 4 aromatic rings. The quantitative estimate of drug-likeness (QED) is 0.503. The van der Waals surface area contributed by atoms with Crippen LogP contribution in [0.5, 0.6) is 11.8 Å². The number of ether oxygens (including phenoxy) is 2. The first-order chi connectivity index (χ1) is 14.2. The number of nitrogens with zero attached hydrogens (tertiary/aromatic N) is 4. The van der Waals surface area contributed by atoms with Crippen molar-refractivity contribution in [2.75, 3.05) is 6.61 Å². The number of halogens is 1. The number of aromatic nitrogens is 3. The second-order valence-corrected chi connectivity index (χ2v) is 7.20. The standard InChI is InChI=1S/C22H15ClN4O2/c23-16-3-1-2-15(9-16)19-6-5-17(11-25-19)28-13-18-12-27-21-7-4-14(10-24)8-20(21)26-22(27)29-18/h1-9,11,18H,12-13H2/t18-/m0/s1. The van der Waals surface area contributed by atoms with Crippen LogP contribution < -0.4 is 9.47 Å². The molecule has 2 aromatic carbocycles. The highest BCUT2D eigenvalue weighted by Crippen LogP contribution is 2.29. The highest BCUT2D eigenvalue weighted by Gasteiger charge is 2.27. The van der Waals surface area contributed by atoms with E-state index in [1.54, 1.807) is 18.3 Å². The number of hydrogen-bond donors (Lipinski definition) is 0. The zero-order chi connectivity index (χ0) is 19.8. The van der Waals surface area contributed by atoms with Crippen LogP contribution in [-0.2, 0) is 6.54 Å². The summed E-state index contributed by atoms with van der Waals surface area (Å²) >= 11 is 6.04. The minimum atomic E-state index is -0.134. The van der Waals surface area contributed by atoms with Crippen LogP contribution in [0.25, 0.3) is 22.3 Å². The molecule has 7 heteroatoms. The second-order valence-electron chi connectivity index (χ2n) is 6.76. The van der Waals surface area contributed by atoms with Crippen molar-refractivity contribution in [2.24, 2.45) is 0 Å². The SMILES string of the molecule is N#Cc1ccc2c(c1)nc1n2C[C@@H](COc2ccc(-c3cccc(Cl)c3)nc2)O1. The minimum absolute atomic E-state index is 0.134. The highest BCUT2D eigenvalue weighted by atomic mass is 35.5. The predicted octanol–water partition coefficient (Wildman–Crippen LogP) is 4.46. The van der Waals surface area contributed by atoms with Gasteiger partial charge in [0.25, 0.3) is 6.01 Å². The molecule has 0 spiro atoms. The first-order valence-electron chi connectivity index (χ1n) is 9.11. The molecular weight excluding hydrogens is 388 g/mol. The van der Waals surface area contributed by atoms with Gasteiger partial charge in [-0.15, -0.1) is 0 Å². The molecule has 1 aliphatic rings. The Labute approximate surface area is 171 Å². The van der Waals surface area contributed by atoms with Crippen LogP contribution in [0.3, 0.4) is 0 Å². The van der Waals surface area contributed by atoms with Crippen LogP contribution in [-0.4, -0.2) is 27.2 Å². The number of imidazole rings is 1. The van der Waals surface area contributed by atoms with Gasteiger partial charge in [-0.2, -0.15) is 10.2 Å². The third-order valence-electron chi connectivity index (χ3n) is 4.79. The summed E-state index contributed by atoms with van der Waals surface area (Å²) in [5.41, 5.74) is 4.09. The maximum absolute atomic E-state index is 9.02. The van der Waals surface area contributed by atoms with Gasteiger partial charge in [0.1, 0.15) is 12.4 Å². The molecule has 0 bridgehead atoms. The first-order valence-corrected chi connectivity index (χ1v) is 9.49. The van der Waals surface area contributed by atoms with Crippen LogP contribution in [0.15, 0.2) is 60.8 Å². The van der Waals surface area contributed by atoms with Crippen molar-refractivity contribution in [3.05, 3.63) is 71.4 Å². The molecule has 0 aliphatic carbocycles. The Morgan fingerprint density at radius 1 is 1.21 bits per heavy atom.